The Morgan fingerprint density at radius 3 is 1.64 bits per heavy atom. The molecular weight excluding hydrogens is 494 g/mol. The zero-order valence-electron chi connectivity index (χ0n) is 24.6. The summed E-state index contributed by atoms with van der Waals surface area (Å²) in [4.78, 5) is 10.2. The van der Waals surface area contributed by atoms with Gasteiger partial charge >= 0.3 is 5.97 Å². The quantitative estimate of drug-likeness (QED) is 0.0747. The molecule has 0 bridgehead atoms. The summed E-state index contributed by atoms with van der Waals surface area (Å²) < 4.78 is 0.747. The van der Waals surface area contributed by atoms with E-state index < -0.39 is 11.7 Å². The third kappa shape index (κ3) is 20.6. The van der Waals surface area contributed by atoms with Crippen LogP contribution in [0.1, 0.15) is 114 Å². The van der Waals surface area contributed by atoms with Gasteiger partial charge in [0.15, 0.2) is 0 Å². The van der Waals surface area contributed by atoms with E-state index in [1.165, 1.54) is 108 Å². The van der Waals surface area contributed by atoms with Crippen LogP contribution in [-0.4, -0.2) is 76.9 Å². The highest BCUT2D eigenvalue weighted by molar-refractivity contribution is 5.90. The molecule has 0 saturated carbocycles. The predicted octanol–water partition coefficient (Wildman–Crippen LogP) is 5.67. The van der Waals surface area contributed by atoms with Crippen molar-refractivity contribution in [2.24, 2.45) is 0 Å². The van der Waals surface area contributed by atoms with Crippen molar-refractivity contribution in [3.05, 3.63) is 42.0 Å². The van der Waals surface area contributed by atoms with Gasteiger partial charge in [-0.25, -0.2) is 4.79 Å². The summed E-state index contributed by atoms with van der Waals surface area (Å²) in [7, 11) is 0. The van der Waals surface area contributed by atoms with Gasteiger partial charge in [0, 0.05) is 13.0 Å². The molecule has 0 unspecified atom stereocenters. The number of nitrogens with zero attached hydrogens (tertiary/aromatic N) is 1. The first kappa shape index (κ1) is 37.1. The average molecular weight is 552 g/mol. The number of benzene rings is 1. The number of carboxylic acids is 1. The summed E-state index contributed by atoms with van der Waals surface area (Å²) in [6, 6.07) is 5.54. The minimum Gasteiger partial charge on any atom is -0.872 e. The molecule has 0 atom stereocenters. The van der Waals surface area contributed by atoms with Crippen LogP contribution < -0.4 is 5.11 Å². The van der Waals surface area contributed by atoms with E-state index in [1.54, 1.807) is 0 Å². The number of aromatic carboxylic acids is 1. The number of carbonyl (C=O) groups is 1. The van der Waals surface area contributed by atoms with Crippen molar-refractivity contribution >= 4 is 5.97 Å². The molecule has 0 amide bonds. The Morgan fingerprint density at radius 1 is 0.692 bits per heavy atom. The molecule has 4 N–H and O–H groups in total. The minimum absolute atomic E-state index is 0.151. The third-order valence-electron chi connectivity index (χ3n) is 7.20. The Kier molecular flexibility index (Phi) is 25.0. The van der Waals surface area contributed by atoms with Crippen molar-refractivity contribution in [1.82, 2.24) is 0 Å². The standard InChI is InChI=1S/C25H52NO3.C7H6O3/c1-2-3-4-5-6-7-8-9-10-11-12-13-14-15-16-17-19-26(21-24-28,22-25-29)20-18-23-27;8-6-4-2-1-3-5(6)7(9)10/h9-10,27-29H,2-8,11-25H2,1H3;1-4,8H,(H,9,10)/q+1;/p-1/b10-9-;. The Labute approximate surface area is 237 Å². The van der Waals surface area contributed by atoms with Gasteiger partial charge in [0.1, 0.15) is 13.1 Å². The molecule has 1 aromatic rings. The predicted molar refractivity (Wildman–Crippen MR) is 158 cm³/mol. The van der Waals surface area contributed by atoms with Gasteiger partial charge in [0.25, 0.3) is 0 Å². The molecule has 1 aromatic carbocycles. The number of aliphatic hydroxyl groups is 3. The van der Waals surface area contributed by atoms with E-state index in [1.807, 2.05) is 0 Å². The van der Waals surface area contributed by atoms with Crippen molar-refractivity contribution in [2.45, 2.75) is 103 Å². The summed E-state index contributed by atoms with van der Waals surface area (Å²) in [5, 5.41) is 47.0. The lowest BCUT2D eigenvalue weighted by Gasteiger charge is -2.38. The number of allylic oxidation sites excluding steroid dienone is 2. The Morgan fingerprint density at radius 2 is 1.18 bits per heavy atom. The van der Waals surface area contributed by atoms with E-state index in [-0.39, 0.29) is 25.4 Å². The lowest BCUT2D eigenvalue weighted by molar-refractivity contribution is -0.929. The van der Waals surface area contributed by atoms with Crippen molar-refractivity contribution in [2.75, 3.05) is 46.0 Å². The zero-order valence-corrected chi connectivity index (χ0v) is 24.6. The summed E-state index contributed by atoms with van der Waals surface area (Å²) in [6.07, 6.45) is 23.8. The van der Waals surface area contributed by atoms with Crippen molar-refractivity contribution in [3.63, 3.8) is 0 Å². The van der Waals surface area contributed by atoms with Crippen LogP contribution in [0.15, 0.2) is 36.4 Å². The van der Waals surface area contributed by atoms with E-state index >= 15 is 0 Å². The van der Waals surface area contributed by atoms with E-state index in [0.29, 0.717) is 13.1 Å². The van der Waals surface area contributed by atoms with Gasteiger partial charge in [-0.15, -0.1) is 0 Å². The smallest absolute Gasteiger partial charge is 0.335 e. The molecule has 0 aliphatic rings. The second-order valence-corrected chi connectivity index (χ2v) is 10.5. The first-order chi connectivity index (χ1) is 19.0. The molecular formula is C32H57NO6. The lowest BCUT2D eigenvalue weighted by Crippen LogP contribution is -2.53. The van der Waals surface area contributed by atoms with Gasteiger partial charge in [-0.05, 0) is 44.6 Å². The van der Waals surface area contributed by atoms with E-state index in [2.05, 4.69) is 19.1 Å². The Balaban J connectivity index is 0.00000120. The van der Waals surface area contributed by atoms with Crippen LogP contribution in [0.4, 0.5) is 0 Å². The number of rotatable bonds is 24. The Hall–Kier alpha value is -1.93. The second kappa shape index (κ2) is 26.3. The number of aliphatic hydroxyl groups excluding tert-OH is 3. The molecule has 0 spiro atoms. The molecule has 0 heterocycles. The monoisotopic (exact) mass is 551 g/mol. The van der Waals surface area contributed by atoms with Gasteiger partial charge in [-0.1, -0.05) is 94.4 Å². The highest BCUT2D eigenvalue weighted by Crippen LogP contribution is 2.14. The summed E-state index contributed by atoms with van der Waals surface area (Å²) >= 11 is 0. The first-order valence-corrected chi connectivity index (χ1v) is 15.3. The SMILES string of the molecule is CCCCCCCC/C=C\CCCCCCCC[N+](CCO)(CCO)CCCO.O=C(O)c1ccccc1[O-]. The average Bonchev–Trinajstić information content (AvgIpc) is 2.92. The maximum atomic E-state index is 10.7. The molecule has 39 heavy (non-hydrogen) atoms. The van der Waals surface area contributed by atoms with Gasteiger partial charge in [-0.3, -0.25) is 0 Å². The van der Waals surface area contributed by atoms with Crippen molar-refractivity contribution in [1.29, 1.82) is 0 Å². The van der Waals surface area contributed by atoms with E-state index in [4.69, 9.17) is 10.2 Å². The van der Waals surface area contributed by atoms with E-state index in [0.717, 1.165) is 30.4 Å². The van der Waals surface area contributed by atoms with Crippen LogP contribution in [0.3, 0.4) is 0 Å². The largest absolute Gasteiger partial charge is 0.872 e. The zero-order chi connectivity index (χ0) is 29.0. The number of hydrogen-bond acceptors (Lipinski definition) is 5. The number of quaternary nitrogens is 1. The fourth-order valence-corrected chi connectivity index (χ4v) is 4.84. The van der Waals surface area contributed by atoms with Crippen molar-refractivity contribution < 1.29 is 34.8 Å². The number of hydrogen-bond donors (Lipinski definition) is 4. The summed E-state index contributed by atoms with van der Waals surface area (Å²) in [5.74, 6) is -1.62. The maximum absolute atomic E-state index is 10.7. The van der Waals surface area contributed by atoms with Gasteiger partial charge in [0.2, 0.25) is 0 Å². The molecule has 0 saturated heterocycles. The maximum Gasteiger partial charge on any atom is 0.335 e. The number of carboxylic acid groups (broad SMARTS) is 1. The van der Waals surface area contributed by atoms with Gasteiger partial charge in [0.05, 0.1) is 31.9 Å². The van der Waals surface area contributed by atoms with Crippen molar-refractivity contribution in [3.8, 4) is 5.75 Å². The first-order valence-electron chi connectivity index (χ1n) is 15.3. The van der Waals surface area contributed by atoms with Gasteiger partial charge in [-0.2, -0.15) is 0 Å². The topological polar surface area (TPSA) is 121 Å². The normalized spacial score (nSPS) is 11.5. The van der Waals surface area contributed by atoms with Crippen LogP contribution in [0, 0.1) is 0 Å². The van der Waals surface area contributed by atoms with Crippen LogP contribution in [0.25, 0.3) is 0 Å². The summed E-state index contributed by atoms with van der Waals surface area (Å²) in [5.41, 5.74) is -0.178. The van der Waals surface area contributed by atoms with Crippen LogP contribution in [-0.2, 0) is 0 Å². The lowest BCUT2D eigenvalue weighted by atomic mass is 10.1. The molecule has 0 aromatic heterocycles. The fourth-order valence-electron chi connectivity index (χ4n) is 4.84. The van der Waals surface area contributed by atoms with Gasteiger partial charge < -0.3 is 30.0 Å². The van der Waals surface area contributed by atoms with Crippen LogP contribution >= 0.6 is 0 Å². The van der Waals surface area contributed by atoms with Crippen LogP contribution in [0.2, 0.25) is 0 Å². The second-order valence-electron chi connectivity index (χ2n) is 10.5. The fraction of sp³-hybridized carbons (Fsp3) is 0.719. The summed E-state index contributed by atoms with van der Waals surface area (Å²) in [6.45, 7) is 5.98. The molecule has 226 valence electrons. The molecule has 0 fully saturated rings. The molecule has 0 radical (unpaired) electrons. The highest BCUT2D eigenvalue weighted by Gasteiger charge is 2.25. The molecule has 7 heteroatoms. The number of unbranched alkanes of at least 4 members (excludes halogenated alkanes) is 12. The molecule has 1 rings (SSSR count). The molecule has 0 aliphatic carbocycles. The number of para-hydroxylation sites is 1. The Bertz CT molecular complexity index is 718. The van der Waals surface area contributed by atoms with Crippen LogP contribution in [0.5, 0.6) is 5.75 Å². The van der Waals surface area contributed by atoms with E-state index in [9.17, 15) is 20.1 Å². The minimum atomic E-state index is -1.18. The molecule has 0 aliphatic heterocycles. The molecule has 7 nitrogen and oxygen atoms in total. The third-order valence-corrected chi connectivity index (χ3v) is 7.20. The highest BCUT2D eigenvalue weighted by atomic mass is 16.4.